The standard InChI is InChI=1S/C21H20F3N7O2/c1-8-4-5-12(32)9(2)16(8)31-17-13-15(18(33)19(31)25)28-29-20(13)30(7-21(22,23)24)6-11-14(17)27-10(3)26-11/h4-6,15,19,32H,7,25H2,1-3H3,(H,26,27). The van der Waals surface area contributed by atoms with E-state index in [0.29, 0.717) is 39.0 Å². The van der Waals surface area contributed by atoms with Crippen LogP contribution in [0.15, 0.2) is 33.8 Å². The number of aromatic amines is 1. The van der Waals surface area contributed by atoms with E-state index in [2.05, 4.69) is 20.2 Å². The number of phenols is 1. The van der Waals surface area contributed by atoms with Crippen LogP contribution in [0.4, 0.5) is 18.9 Å². The number of H-pyrrole nitrogens is 1. The van der Waals surface area contributed by atoms with Gasteiger partial charge in [-0.15, -0.1) is 5.11 Å². The molecular weight excluding hydrogens is 439 g/mol. The maximum Gasteiger partial charge on any atom is 0.406 e. The quantitative estimate of drug-likeness (QED) is 0.620. The van der Waals surface area contributed by atoms with E-state index >= 15 is 0 Å². The van der Waals surface area contributed by atoms with Crippen LogP contribution >= 0.6 is 0 Å². The van der Waals surface area contributed by atoms with Gasteiger partial charge in [-0.1, -0.05) is 6.07 Å². The van der Waals surface area contributed by atoms with Crippen molar-refractivity contribution in [3.05, 3.63) is 51.2 Å². The van der Waals surface area contributed by atoms with Gasteiger partial charge in [0.25, 0.3) is 0 Å². The van der Waals surface area contributed by atoms with Crippen LogP contribution in [0.2, 0.25) is 0 Å². The molecule has 3 aliphatic rings. The lowest BCUT2D eigenvalue weighted by Crippen LogP contribution is -2.58. The highest BCUT2D eigenvalue weighted by atomic mass is 19.4. The first-order valence-electron chi connectivity index (χ1n) is 10.1. The zero-order valence-electron chi connectivity index (χ0n) is 17.9. The summed E-state index contributed by atoms with van der Waals surface area (Å²) in [4.78, 5) is 23.2. The number of anilines is 1. The number of nitrogens with two attached hydrogens (primary N) is 1. The molecule has 0 aliphatic carbocycles. The minimum Gasteiger partial charge on any atom is -0.508 e. The Labute approximate surface area is 185 Å². The third-order valence-corrected chi connectivity index (χ3v) is 5.94. The number of rotatable bonds is 2. The summed E-state index contributed by atoms with van der Waals surface area (Å²) >= 11 is 0. The molecule has 12 heteroatoms. The fourth-order valence-electron chi connectivity index (χ4n) is 4.55. The number of aromatic hydroxyl groups is 1. The third-order valence-electron chi connectivity index (χ3n) is 5.94. The van der Waals surface area contributed by atoms with Gasteiger partial charge in [0.2, 0.25) is 5.78 Å². The van der Waals surface area contributed by atoms with Crippen molar-refractivity contribution in [2.75, 3.05) is 11.4 Å². The average molecular weight is 459 g/mol. The van der Waals surface area contributed by atoms with E-state index < -0.39 is 30.7 Å². The summed E-state index contributed by atoms with van der Waals surface area (Å²) in [5.41, 5.74) is 8.58. The van der Waals surface area contributed by atoms with E-state index in [0.717, 1.165) is 4.90 Å². The number of phenolic OH excluding ortho intramolecular Hbond substituents is 1. The summed E-state index contributed by atoms with van der Waals surface area (Å²) < 4.78 is 40.3. The second-order valence-corrected chi connectivity index (χ2v) is 8.25. The topological polar surface area (TPSA) is 123 Å². The highest BCUT2D eigenvalue weighted by Gasteiger charge is 2.49. The van der Waals surface area contributed by atoms with Crippen LogP contribution < -0.4 is 21.3 Å². The van der Waals surface area contributed by atoms with Crippen molar-refractivity contribution in [3.8, 4) is 5.75 Å². The predicted molar refractivity (Wildman–Crippen MR) is 112 cm³/mol. The number of aryl methyl sites for hydroxylation is 2. The Kier molecular flexibility index (Phi) is 4.44. The summed E-state index contributed by atoms with van der Waals surface area (Å²) in [6, 6.07) is 2.06. The fraction of sp³-hybridized carbons (Fsp3) is 0.333. The number of benzene rings is 1. The SMILES string of the molecule is Cc1nc2c([nH]1)=CN(CC(F)(F)F)C1=C3C=2N(c2c(C)ccc(O)c2C)C(N)C(=O)C3N=N1. The number of alkyl halides is 3. The molecule has 3 aliphatic heterocycles. The van der Waals surface area contributed by atoms with Gasteiger partial charge in [0.15, 0.2) is 11.9 Å². The minimum atomic E-state index is -4.54. The van der Waals surface area contributed by atoms with Gasteiger partial charge < -0.3 is 25.6 Å². The molecule has 4 N–H and O–H groups in total. The second-order valence-electron chi connectivity index (χ2n) is 8.25. The Morgan fingerprint density at radius 1 is 1.24 bits per heavy atom. The van der Waals surface area contributed by atoms with Gasteiger partial charge in [-0.05, 0) is 32.4 Å². The van der Waals surface area contributed by atoms with Crippen LogP contribution in [-0.2, 0) is 4.79 Å². The van der Waals surface area contributed by atoms with Crippen LogP contribution in [0, 0.1) is 20.8 Å². The molecule has 0 bridgehead atoms. The Morgan fingerprint density at radius 2 is 1.97 bits per heavy atom. The van der Waals surface area contributed by atoms with Crippen LogP contribution in [0.5, 0.6) is 5.75 Å². The van der Waals surface area contributed by atoms with Crippen LogP contribution in [0.25, 0.3) is 11.9 Å². The van der Waals surface area contributed by atoms with Gasteiger partial charge >= 0.3 is 6.18 Å². The number of nitrogens with one attached hydrogen (secondary N) is 1. The lowest BCUT2D eigenvalue weighted by atomic mass is 9.90. The van der Waals surface area contributed by atoms with Crippen LogP contribution in [-0.4, -0.2) is 50.7 Å². The maximum atomic E-state index is 13.4. The molecule has 1 fully saturated rings. The molecule has 9 nitrogen and oxygen atoms in total. The number of piperidine rings is 1. The summed E-state index contributed by atoms with van der Waals surface area (Å²) in [5, 5.41) is 19.0. The number of ketones is 1. The van der Waals surface area contributed by atoms with Crippen molar-refractivity contribution < 1.29 is 23.1 Å². The Bertz CT molecular complexity index is 1390. The number of imidazole rings is 1. The predicted octanol–water partition coefficient (Wildman–Crippen LogP) is 1.18. The molecule has 2 aromatic rings. The molecule has 0 spiro atoms. The Morgan fingerprint density at radius 3 is 2.67 bits per heavy atom. The Hall–Kier alpha value is -3.67. The van der Waals surface area contributed by atoms with E-state index in [1.165, 1.54) is 17.2 Å². The van der Waals surface area contributed by atoms with Crippen LogP contribution in [0.1, 0.15) is 17.0 Å². The highest BCUT2D eigenvalue weighted by Crippen LogP contribution is 2.44. The van der Waals surface area contributed by atoms with Crippen molar-refractivity contribution in [1.82, 2.24) is 14.9 Å². The zero-order valence-corrected chi connectivity index (χ0v) is 17.9. The first-order valence-corrected chi connectivity index (χ1v) is 10.1. The molecule has 2 unspecified atom stereocenters. The number of hydrogen-bond acceptors (Lipinski definition) is 8. The van der Waals surface area contributed by atoms with Gasteiger partial charge in [-0.25, -0.2) is 4.98 Å². The normalized spacial score (nSPS) is 21.9. The van der Waals surface area contributed by atoms with Crippen molar-refractivity contribution in [2.24, 2.45) is 16.0 Å². The maximum absolute atomic E-state index is 13.4. The molecule has 33 heavy (non-hydrogen) atoms. The lowest BCUT2D eigenvalue weighted by Gasteiger charge is -2.40. The number of carbonyl (C=O) groups is 1. The van der Waals surface area contributed by atoms with Gasteiger partial charge in [-0.2, -0.15) is 18.3 Å². The number of carbonyl (C=O) groups excluding carboxylic acids is 1. The molecule has 0 amide bonds. The first-order chi connectivity index (χ1) is 15.5. The van der Waals surface area contributed by atoms with E-state index in [1.54, 1.807) is 26.8 Å². The number of hydrogen-bond donors (Lipinski definition) is 3. The third kappa shape index (κ3) is 3.12. The molecule has 1 saturated heterocycles. The van der Waals surface area contributed by atoms with Crippen molar-refractivity contribution >= 4 is 23.4 Å². The average Bonchev–Trinajstić information content (AvgIpc) is 3.28. The molecule has 0 radical (unpaired) electrons. The smallest absolute Gasteiger partial charge is 0.406 e. The monoisotopic (exact) mass is 459 g/mol. The molecule has 4 heterocycles. The fourth-order valence-corrected chi connectivity index (χ4v) is 4.55. The van der Waals surface area contributed by atoms with E-state index in [9.17, 15) is 23.1 Å². The van der Waals surface area contributed by atoms with Gasteiger partial charge in [0.05, 0.1) is 22.3 Å². The van der Waals surface area contributed by atoms with Crippen molar-refractivity contribution in [3.63, 3.8) is 0 Å². The summed E-state index contributed by atoms with van der Waals surface area (Å²) in [7, 11) is 0. The lowest BCUT2D eigenvalue weighted by molar-refractivity contribution is -0.135. The number of fused-ring (bicyclic) bond motifs is 1. The van der Waals surface area contributed by atoms with E-state index in [-0.39, 0.29) is 17.1 Å². The molecule has 1 aromatic carbocycles. The number of Topliss-reactive ketones (excluding diaryl/α,β-unsaturated/α-hetero) is 1. The largest absolute Gasteiger partial charge is 0.508 e. The van der Waals surface area contributed by atoms with Crippen LogP contribution in [0.3, 0.4) is 0 Å². The minimum absolute atomic E-state index is 0.00899. The molecule has 5 rings (SSSR count). The number of azo groups is 1. The second kappa shape index (κ2) is 6.91. The van der Waals surface area contributed by atoms with Crippen molar-refractivity contribution in [2.45, 2.75) is 39.2 Å². The summed E-state index contributed by atoms with van der Waals surface area (Å²) in [6.45, 7) is 3.82. The van der Waals surface area contributed by atoms with Gasteiger partial charge in [0.1, 0.15) is 29.6 Å². The first kappa shape index (κ1) is 21.2. The molecule has 1 aromatic heterocycles. The zero-order chi connectivity index (χ0) is 23.8. The van der Waals surface area contributed by atoms with E-state index in [4.69, 9.17) is 5.73 Å². The Balaban J connectivity index is 1.88. The van der Waals surface area contributed by atoms with Crippen molar-refractivity contribution in [1.29, 1.82) is 0 Å². The van der Waals surface area contributed by atoms with E-state index in [1.807, 2.05) is 0 Å². The highest BCUT2D eigenvalue weighted by molar-refractivity contribution is 6.06. The molecular formula is C21H20F3N7O2. The number of aromatic nitrogens is 2. The summed E-state index contributed by atoms with van der Waals surface area (Å²) in [5.74, 6) is -0.141. The molecule has 0 saturated carbocycles. The number of nitrogens with zero attached hydrogens (tertiary/aromatic N) is 5. The summed E-state index contributed by atoms with van der Waals surface area (Å²) in [6.07, 6.45) is -4.48. The molecule has 2 atom stereocenters. The molecule has 172 valence electrons. The number of halogens is 3. The van der Waals surface area contributed by atoms with Gasteiger partial charge in [0, 0.05) is 11.8 Å². The van der Waals surface area contributed by atoms with Gasteiger partial charge in [-0.3, -0.25) is 4.79 Å².